The fourth-order valence-electron chi connectivity index (χ4n) is 2.30. The van der Waals surface area contributed by atoms with E-state index in [1.54, 1.807) is 18.0 Å². The average Bonchev–Trinajstić information content (AvgIpc) is 3.21. The lowest BCUT2D eigenvalue weighted by Gasteiger charge is -2.02. The van der Waals surface area contributed by atoms with E-state index in [2.05, 4.69) is 51.9 Å². The van der Waals surface area contributed by atoms with E-state index < -0.39 is 0 Å². The van der Waals surface area contributed by atoms with Crippen LogP contribution in [-0.2, 0) is 10.5 Å². The zero-order valence-electron chi connectivity index (χ0n) is 16.7. The van der Waals surface area contributed by atoms with E-state index in [0.29, 0.717) is 6.61 Å². The summed E-state index contributed by atoms with van der Waals surface area (Å²) in [6.07, 6.45) is 1.60. The van der Waals surface area contributed by atoms with Crippen LogP contribution in [0.1, 0.15) is 23.6 Å². The highest BCUT2D eigenvalue weighted by Crippen LogP contribution is 2.30. The Bertz CT molecular complexity index is 973. The fourth-order valence-corrected chi connectivity index (χ4v) is 5.07. The third-order valence-electron chi connectivity index (χ3n) is 3.79. The van der Waals surface area contributed by atoms with Crippen LogP contribution >= 0.6 is 34.9 Å². The van der Waals surface area contributed by atoms with Gasteiger partial charge in [0.2, 0.25) is 0 Å². The molecule has 1 N–H and O–H groups in total. The molecule has 0 unspecified atom stereocenters. The lowest BCUT2D eigenvalue weighted by Crippen LogP contribution is -2.19. The molecule has 0 saturated heterocycles. The molecule has 0 fully saturated rings. The first-order valence-corrected chi connectivity index (χ1v) is 12.1. The summed E-state index contributed by atoms with van der Waals surface area (Å²) in [7, 11) is 0. The summed E-state index contributed by atoms with van der Waals surface area (Å²) in [6.45, 7) is 4.64. The minimum absolute atomic E-state index is 0.189. The summed E-state index contributed by atoms with van der Waals surface area (Å²) in [6, 6.07) is 16.0. The van der Waals surface area contributed by atoms with E-state index in [1.807, 2.05) is 31.2 Å². The van der Waals surface area contributed by atoms with Crippen LogP contribution in [0.3, 0.4) is 0 Å². The maximum atomic E-state index is 12.0. The molecule has 6 nitrogen and oxygen atoms in total. The van der Waals surface area contributed by atoms with Crippen molar-refractivity contribution >= 4 is 47.0 Å². The van der Waals surface area contributed by atoms with Crippen LogP contribution in [0.5, 0.6) is 5.75 Å². The van der Waals surface area contributed by atoms with Crippen molar-refractivity contribution in [3.8, 4) is 5.75 Å². The predicted molar refractivity (Wildman–Crippen MR) is 125 cm³/mol. The van der Waals surface area contributed by atoms with Gasteiger partial charge in [-0.1, -0.05) is 64.7 Å². The van der Waals surface area contributed by atoms with Crippen molar-refractivity contribution in [3.63, 3.8) is 0 Å². The van der Waals surface area contributed by atoms with E-state index in [9.17, 15) is 4.79 Å². The molecule has 0 bridgehead atoms. The first-order valence-electron chi connectivity index (χ1n) is 9.32. The van der Waals surface area contributed by atoms with Crippen LogP contribution in [-0.4, -0.2) is 34.7 Å². The highest BCUT2D eigenvalue weighted by molar-refractivity contribution is 8.03. The van der Waals surface area contributed by atoms with Gasteiger partial charge in [-0.2, -0.15) is 5.10 Å². The van der Waals surface area contributed by atoms with Gasteiger partial charge >= 0.3 is 0 Å². The highest BCUT2D eigenvalue weighted by atomic mass is 32.2. The van der Waals surface area contributed by atoms with Crippen molar-refractivity contribution in [1.29, 1.82) is 0 Å². The number of hydrogen-bond donors (Lipinski definition) is 1. The number of hydrazone groups is 1. The molecule has 1 aromatic heterocycles. The van der Waals surface area contributed by atoms with Gasteiger partial charge in [-0.3, -0.25) is 4.79 Å². The minimum atomic E-state index is -0.189. The van der Waals surface area contributed by atoms with Crippen molar-refractivity contribution in [2.45, 2.75) is 28.3 Å². The second-order valence-corrected chi connectivity index (χ2v) is 9.61. The number of aryl methyl sites for hydroxylation is 1. The molecule has 3 rings (SSSR count). The molecule has 0 saturated carbocycles. The Balaban J connectivity index is 1.38. The molecule has 0 spiro atoms. The lowest BCUT2D eigenvalue weighted by atomic mass is 10.2. The van der Waals surface area contributed by atoms with Crippen molar-refractivity contribution in [3.05, 3.63) is 65.2 Å². The maximum absolute atomic E-state index is 12.0. The number of carbonyl (C=O) groups excluding carboxylic acids is 1. The third kappa shape index (κ3) is 7.47. The predicted octanol–water partition coefficient (Wildman–Crippen LogP) is 4.78. The molecule has 156 valence electrons. The van der Waals surface area contributed by atoms with Crippen LogP contribution in [0.4, 0.5) is 0 Å². The topological polar surface area (TPSA) is 76.5 Å². The van der Waals surface area contributed by atoms with Crippen LogP contribution in [0, 0.1) is 6.92 Å². The quantitative estimate of drug-likeness (QED) is 0.268. The Morgan fingerprint density at radius 3 is 2.50 bits per heavy atom. The summed E-state index contributed by atoms with van der Waals surface area (Å²) in [5.41, 5.74) is 5.91. The largest absolute Gasteiger partial charge is 0.494 e. The first kappa shape index (κ1) is 22.3. The number of rotatable bonds is 10. The Hall–Kier alpha value is -2.36. The number of nitrogens with zero attached hydrogens (tertiary/aromatic N) is 3. The molecular weight excluding hydrogens is 436 g/mol. The SMILES string of the molecule is CCOc1ccc(/C=N\NC(=O)CSc2nnc(SCc3ccc(C)cc3)s2)cc1. The van der Waals surface area contributed by atoms with Crippen molar-refractivity contribution in [1.82, 2.24) is 15.6 Å². The highest BCUT2D eigenvalue weighted by Gasteiger charge is 2.08. The van der Waals surface area contributed by atoms with Crippen LogP contribution in [0.2, 0.25) is 0 Å². The van der Waals surface area contributed by atoms with Gasteiger partial charge in [0.15, 0.2) is 8.68 Å². The van der Waals surface area contributed by atoms with Gasteiger partial charge in [-0.05, 0) is 49.2 Å². The zero-order valence-corrected chi connectivity index (χ0v) is 19.1. The van der Waals surface area contributed by atoms with Gasteiger partial charge in [0.25, 0.3) is 5.91 Å². The summed E-state index contributed by atoms with van der Waals surface area (Å²) in [4.78, 5) is 12.0. The minimum Gasteiger partial charge on any atom is -0.494 e. The normalized spacial score (nSPS) is 11.0. The molecule has 1 amide bonds. The molecule has 0 aliphatic carbocycles. The van der Waals surface area contributed by atoms with E-state index in [0.717, 1.165) is 25.7 Å². The van der Waals surface area contributed by atoms with Gasteiger partial charge < -0.3 is 4.74 Å². The van der Waals surface area contributed by atoms with Gasteiger partial charge in [-0.25, -0.2) is 5.43 Å². The van der Waals surface area contributed by atoms with Crippen molar-refractivity contribution in [2.75, 3.05) is 12.4 Å². The van der Waals surface area contributed by atoms with Crippen LogP contribution < -0.4 is 10.2 Å². The van der Waals surface area contributed by atoms with Crippen LogP contribution in [0.25, 0.3) is 0 Å². The molecule has 1 heterocycles. The number of thioether (sulfide) groups is 2. The van der Waals surface area contributed by atoms with E-state index >= 15 is 0 Å². The van der Waals surface area contributed by atoms with Gasteiger partial charge in [0, 0.05) is 5.75 Å². The van der Waals surface area contributed by atoms with Gasteiger partial charge in [0.1, 0.15) is 5.75 Å². The van der Waals surface area contributed by atoms with Gasteiger partial charge in [-0.15, -0.1) is 10.2 Å². The molecule has 0 aliphatic rings. The summed E-state index contributed by atoms with van der Waals surface area (Å²) in [5, 5.41) is 12.3. The first-order chi connectivity index (χ1) is 14.6. The third-order valence-corrected chi connectivity index (χ3v) is 7.05. The molecule has 3 aromatic rings. The Morgan fingerprint density at radius 2 is 1.80 bits per heavy atom. The smallest absolute Gasteiger partial charge is 0.250 e. The number of ether oxygens (including phenoxy) is 1. The van der Waals surface area contributed by atoms with Crippen molar-refractivity contribution in [2.24, 2.45) is 5.10 Å². The maximum Gasteiger partial charge on any atom is 0.250 e. The standard InChI is InChI=1S/C21H22N4O2S3/c1-3-27-18-10-8-16(9-11-18)12-22-23-19(26)14-29-21-25-24-20(30-21)28-13-17-6-4-15(2)5-7-17/h4-12H,3,13-14H2,1-2H3,(H,23,26)/b22-12-. The molecular formula is C21H22N4O2S3. The Kier molecular flexibility index (Phi) is 8.73. The van der Waals surface area contributed by atoms with Crippen molar-refractivity contribution < 1.29 is 9.53 Å². The molecule has 30 heavy (non-hydrogen) atoms. The number of hydrogen-bond acceptors (Lipinski definition) is 8. The monoisotopic (exact) mass is 458 g/mol. The number of carbonyl (C=O) groups is 1. The second kappa shape index (κ2) is 11.7. The number of aromatic nitrogens is 2. The molecule has 0 radical (unpaired) electrons. The number of amides is 1. The van der Waals surface area contributed by atoms with E-state index in [-0.39, 0.29) is 11.7 Å². The average molecular weight is 459 g/mol. The Labute approximate surface area is 188 Å². The summed E-state index contributed by atoms with van der Waals surface area (Å²) < 4.78 is 7.06. The van der Waals surface area contributed by atoms with Gasteiger partial charge in [0.05, 0.1) is 18.6 Å². The fraction of sp³-hybridized carbons (Fsp3) is 0.238. The summed E-state index contributed by atoms with van der Waals surface area (Å²) >= 11 is 4.50. The molecule has 0 aliphatic heterocycles. The number of nitrogens with one attached hydrogen (secondary N) is 1. The lowest BCUT2D eigenvalue weighted by molar-refractivity contribution is -0.118. The number of benzene rings is 2. The molecule has 2 aromatic carbocycles. The second-order valence-electron chi connectivity index (χ2n) is 6.19. The molecule has 9 heteroatoms. The summed E-state index contributed by atoms with van der Waals surface area (Å²) in [5.74, 6) is 1.70. The zero-order chi connectivity index (χ0) is 21.2. The Morgan fingerprint density at radius 1 is 1.10 bits per heavy atom. The van der Waals surface area contributed by atoms with Crippen LogP contribution in [0.15, 0.2) is 62.3 Å². The molecule has 0 atom stereocenters. The van der Waals surface area contributed by atoms with E-state index in [1.165, 1.54) is 34.2 Å². The van der Waals surface area contributed by atoms with E-state index in [4.69, 9.17) is 4.74 Å².